The summed E-state index contributed by atoms with van der Waals surface area (Å²) >= 11 is 0. The van der Waals surface area contributed by atoms with Crippen LogP contribution in [-0.4, -0.2) is 124 Å². The smallest absolute Gasteiger partial charge is 0.349 e. The van der Waals surface area contributed by atoms with E-state index in [-0.39, 0.29) is 52.6 Å². The van der Waals surface area contributed by atoms with E-state index in [4.69, 9.17) is 32.8 Å². The lowest BCUT2D eigenvalue weighted by atomic mass is 9.44. The molecule has 1 aromatic heterocycles. The van der Waals surface area contributed by atoms with Gasteiger partial charge in [0.05, 0.1) is 34.9 Å². The molecule has 1 aliphatic heterocycles. The number of amides is 2. The molecule has 5 N–H and O–H groups in total. The van der Waals surface area contributed by atoms with Crippen molar-refractivity contribution in [3.05, 3.63) is 159 Å². The van der Waals surface area contributed by atoms with Gasteiger partial charge in [0.15, 0.2) is 23.6 Å². The SMILES string of the molecule is CC(=O)OC1C(=O)C2(C)C(OC(=O)CCCNC(=O)c3cc4c(F)cc(O)cc4oc3=O)C[C@@H]3OC[C@@]3(OC(C)=O)C2[C@H](OC(=O)c2ccccc2)C2(O)CC(OC(=O)[C@H](O)[C@@H](NC(=O)c3ccccc3)c3ccccc3)C(C)=C1C2(C)C. The summed E-state index contributed by atoms with van der Waals surface area (Å²) in [6, 6.07) is 25.0. The number of hydrogen-bond donors (Lipinski definition) is 5. The zero-order valence-corrected chi connectivity index (χ0v) is 46.0. The minimum Gasteiger partial charge on any atom is -0.508 e. The molecule has 0 radical (unpaired) electrons. The molecule has 2 heterocycles. The molecule has 9 rings (SSSR count). The second kappa shape index (κ2) is 23.0. The number of aromatic hydroxyl groups is 1. The Labute approximate surface area is 474 Å². The monoisotopic (exact) mass is 1140 g/mol. The Morgan fingerprint density at radius 2 is 1.45 bits per heavy atom. The van der Waals surface area contributed by atoms with Crippen LogP contribution in [0.2, 0.25) is 0 Å². The van der Waals surface area contributed by atoms with Gasteiger partial charge in [0, 0.05) is 62.8 Å². The number of Topliss-reactive ketones (excluding diaryl/α,β-unsaturated/α-hetero) is 1. The van der Waals surface area contributed by atoms with Gasteiger partial charge in [-0.15, -0.1) is 0 Å². The second-order valence-electron chi connectivity index (χ2n) is 22.0. The third-order valence-corrected chi connectivity index (χ3v) is 16.6. The maximum Gasteiger partial charge on any atom is 0.349 e. The van der Waals surface area contributed by atoms with Crippen LogP contribution in [0.3, 0.4) is 0 Å². The summed E-state index contributed by atoms with van der Waals surface area (Å²) < 4.78 is 57.0. The number of fused-ring (bicyclic) bond motifs is 6. The first kappa shape index (κ1) is 59.0. The van der Waals surface area contributed by atoms with Gasteiger partial charge >= 0.3 is 35.5 Å². The van der Waals surface area contributed by atoms with Gasteiger partial charge in [0.25, 0.3) is 11.8 Å². The second-order valence-corrected chi connectivity index (χ2v) is 22.0. The molecule has 5 aromatic rings. The Bertz CT molecular complexity index is 3500. The van der Waals surface area contributed by atoms with Crippen LogP contribution in [-0.2, 0) is 52.4 Å². The average molecular weight is 1150 g/mol. The summed E-state index contributed by atoms with van der Waals surface area (Å²) in [7, 11) is 0. The number of ketones is 1. The van der Waals surface area contributed by atoms with Crippen LogP contribution in [0.4, 0.5) is 4.39 Å². The molecule has 1 saturated heterocycles. The maximum absolute atomic E-state index is 16.3. The fraction of sp³-hybridized carbons (Fsp3) is 0.393. The van der Waals surface area contributed by atoms with Crippen LogP contribution < -0.4 is 16.3 Å². The third-order valence-electron chi connectivity index (χ3n) is 16.6. The Hall–Kier alpha value is -8.60. The van der Waals surface area contributed by atoms with Crippen LogP contribution in [0.1, 0.15) is 110 Å². The summed E-state index contributed by atoms with van der Waals surface area (Å²) in [6.45, 7) is 7.23. The largest absolute Gasteiger partial charge is 0.508 e. The van der Waals surface area contributed by atoms with Crippen molar-refractivity contribution >= 4 is 58.4 Å². The molecule has 22 heteroatoms. The zero-order chi connectivity index (χ0) is 59.9. The fourth-order valence-corrected chi connectivity index (χ4v) is 12.4. The first-order valence-corrected chi connectivity index (χ1v) is 26.8. The molecule has 83 heavy (non-hydrogen) atoms. The molecule has 2 saturated carbocycles. The van der Waals surface area contributed by atoms with Crippen LogP contribution in [0.25, 0.3) is 11.0 Å². The van der Waals surface area contributed by atoms with Crippen LogP contribution in [0.5, 0.6) is 5.75 Å². The summed E-state index contributed by atoms with van der Waals surface area (Å²) in [5.41, 5.74) is -10.2. The minimum absolute atomic E-state index is 0.0251. The van der Waals surface area contributed by atoms with Crippen LogP contribution in [0, 0.1) is 22.6 Å². The number of phenolic OH excluding ortho intramolecular Hbond substituents is 1. The van der Waals surface area contributed by atoms with E-state index in [0.717, 1.165) is 32.0 Å². The number of carbonyl (C=O) groups is 8. The lowest BCUT2D eigenvalue weighted by Crippen LogP contribution is -2.82. The van der Waals surface area contributed by atoms with Gasteiger partial charge in [-0.2, -0.15) is 0 Å². The highest BCUT2D eigenvalue weighted by atomic mass is 19.1. The first-order valence-electron chi connectivity index (χ1n) is 26.8. The highest BCUT2D eigenvalue weighted by Crippen LogP contribution is 2.65. The number of rotatable bonds is 16. The molecule has 11 atom stereocenters. The van der Waals surface area contributed by atoms with Gasteiger partial charge in [-0.25, -0.2) is 18.8 Å². The van der Waals surface area contributed by atoms with E-state index in [9.17, 15) is 58.1 Å². The maximum atomic E-state index is 16.3. The van der Waals surface area contributed by atoms with Crippen molar-refractivity contribution in [2.45, 2.75) is 121 Å². The first-order chi connectivity index (χ1) is 39.3. The molecule has 4 aliphatic rings. The molecule has 436 valence electrons. The van der Waals surface area contributed by atoms with Crippen molar-refractivity contribution in [2.24, 2.45) is 16.7 Å². The number of benzene rings is 4. The third kappa shape index (κ3) is 10.9. The molecular formula is C61H61FN2O19. The molecule has 3 aliphatic carbocycles. The number of aliphatic hydroxyl groups excluding tert-OH is 1. The highest BCUT2D eigenvalue weighted by molar-refractivity contribution is 5.98. The lowest BCUT2D eigenvalue weighted by molar-refractivity contribution is -0.346. The summed E-state index contributed by atoms with van der Waals surface area (Å²) in [5.74, 6) is -11.0. The number of nitrogens with one attached hydrogen (secondary N) is 2. The standard InChI is InChI=1S/C61H61FN2O19/c1-31-42(80-57(75)48(69)47(34-17-10-7-11-18-34)64-53(71)35-19-12-8-13-20-35)29-61(76)52(82-55(73)36-21-14-9-15-22-36)50-59(6,51(70)49(78-32(2)65)46(31)58(61,4)5)43(28-44-60(50,30-77-44)83-33(3)66)81-45(68)23-16-24-63-54(72)39-27-38-40(62)25-37(67)26-41(38)79-56(39)74/h7-15,17-22,25-27,42-44,47-50,52,67,69,76H,16,23-24,28-30H2,1-6H3,(H,63,72)(H,64,71)/t42?,43?,44-,47-,48+,49?,50?,52-,59?,60-,61?/m0/s1. The summed E-state index contributed by atoms with van der Waals surface area (Å²) in [4.78, 5) is 126. The van der Waals surface area contributed by atoms with E-state index >= 15 is 4.79 Å². The fourth-order valence-electron chi connectivity index (χ4n) is 12.4. The summed E-state index contributed by atoms with van der Waals surface area (Å²) in [6.07, 6.45) is -12.2. The molecule has 2 amide bonds. The van der Waals surface area contributed by atoms with Crippen LogP contribution in [0.15, 0.2) is 130 Å². The molecule has 21 nitrogen and oxygen atoms in total. The predicted molar refractivity (Wildman–Crippen MR) is 287 cm³/mol. The lowest BCUT2D eigenvalue weighted by Gasteiger charge is -2.67. The van der Waals surface area contributed by atoms with E-state index in [0.29, 0.717) is 5.56 Å². The molecular weight excluding hydrogens is 1080 g/mol. The van der Waals surface area contributed by atoms with Gasteiger partial charge < -0.3 is 58.8 Å². The van der Waals surface area contributed by atoms with E-state index < -0.39 is 160 Å². The van der Waals surface area contributed by atoms with Gasteiger partial charge in [0.2, 0.25) is 0 Å². The number of halogens is 1. The quantitative estimate of drug-likeness (QED) is 0.0270. The van der Waals surface area contributed by atoms with Gasteiger partial charge in [-0.05, 0) is 67.3 Å². The topological polar surface area (TPSA) is 307 Å². The molecule has 6 unspecified atom stereocenters. The number of hydrogen-bond acceptors (Lipinski definition) is 19. The highest BCUT2D eigenvalue weighted by Gasteiger charge is 2.79. The Morgan fingerprint density at radius 3 is 2.06 bits per heavy atom. The number of esters is 5. The summed E-state index contributed by atoms with van der Waals surface area (Å²) in [5, 5.41) is 40.8. The number of aliphatic hydroxyl groups is 2. The van der Waals surface area contributed by atoms with Crippen molar-refractivity contribution < 1.29 is 90.9 Å². The van der Waals surface area contributed by atoms with Crippen molar-refractivity contribution in [2.75, 3.05) is 13.2 Å². The van der Waals surface area contributed by atoms with Gasteiger partial charge in [-0.3, -0.25) is 28.8 Å². The van der Waals surface area contributed by atoms with E-state index in [1.807, 2.05) is 0 Å². The molecule has 2 bridgehead atoms. The number of phenols is 1. The van der Waals surface area contributed by atoms with Gasteiger partial charge in [0.1, 0.15) is 52.7 Å². The zero-order valence-electron chi connectivity index (χ0n) is 46.0. The number of carbonyl (C=O) groups excluding carboxylic acids is 8. The Balaban J connectivity index is 1.10. The van der Waals surface area contributed by atoms with E-state index in [1.165, 1.54) is 52.0 Å². The van der Waals surface area contributed by atoms with Gasteiger partial charge in [-0.1, -0.05) is 80.6 Å². The van der Waals surface area contributed by atoms with Crippen molar-refractivity contribution in [3.63, 3.8) is 0 Å². The predicted octanol–water partition coefficient (Wildman–Crippen LogP) is 5.45. The van der Waals surface area contributed by atoms with Crippen LogP contribution >= 0.6 is 0 Å². The average Bonchev–Trinajstić information content (AvgIpc) is 0.726. The van der Waals surface area contributed by atoms with E-state index in [2.05, 4.69) is 10.6 Å². The van der Waals surface area contributed by atoms with E-state index in [1.54, 1.807) is 66.7 Å². The number of ether oxygens (including phenoxy) is 6. The normalized spacial score (nSPS) is 26.6. The molecule has 0 spiro atoms. The molecule has 3 fully saturated rings. The Kier molecular flexibility index (Phi) is 16.3. The Morgan fingerprint density at radius 1 is 0.807 bits per heavy atom. The molecule has 4 aromatic carbocycles. The minimum atomic E-state index is -2.57. The van der Waals surface area contributed by atoms with Crippen molar-refractivity contribution in [3.8, 4) is 5.75 Å². The van der Waals surface area contributed by atoms with Crippen molar-refractivity contribution in [1.82, 2.24) is 10.6 Å². The van der Waals surface area contributed by atoms with Crippen molar-refractivity contribution in [1.29, 1.82) is 0 Å².